The van der Waals surface area contributed by atoms with Gasteiger partial charge in [-0.2, -0.15) is 11.8 Å². The summed E-state index contributed by atoms with van der Waals surface area (Å²) >= 11 is 1.93. The first kappa shape index (κ1) is 19.0. The van der Waals surface area contributed by atoms with Gasteiger partial charge >= 0.3 is 0 Å². The molecular weight excluding hydrogens is 336 g/mol. The van der Waals surface area contributed by atoms with Crippen molar-refractivity contribution in [2.24, 2.45) is 0 Å². The SMILES string of the molecule is O=C(CC1CSCCN1)N1CCN(CC(=O)N2CCCCCC2)CC1. The van der Waals surface area contributed by atoms with Crippen LogP contribution in [0.1, 0.15) is 32.1 Å². The first-order valence-electron chi connectivity index (χ1n) is 9.81. The average Bonchev–Trinajstić information content (AvgIpc) is 2.92. The Morgan fingerprint density at radius 2 is 1.56 bits per heavy atom. The summed E-state index contributed by atoms with van der Waals surface area (Å²) in [4.78, 5) is 31.2. The molecule has 3 heterocycles. The molecule has 3 fully saturated rings. The molecule has 3 aliphatic rings. The second-order valence-corrected chi connectivity index (χ2v) is 8.53. The highest BCUT2D eigenvalue weighted by atomic mass is 32.2. The maximum Gasteiger partial charge on any atom is 0.236 e. The van der Waals surface area contributed by atoms with E-state index in [4.69, 9.17) is 0 Å². The first-order chi connectivity index (χ1) is 12.2. The van der Waals surface area contributed by atoms with Gasteiger partial charge in [0.05, 0.1) is 6.54 Å². The molecule has 3 rings (SSSR count). The fraction of sp³-hybridized carbons (Fsp3) is 0.889. The number of nitrogens with zero attached hydrogens (tertiary/aromatic N) is 3. The molecule has 0 radical (unpaired) electrons. The van der Waals surface area contributed by atoms with E-state index in [0.717, 1.165) is 70.2 Å². The lowest BCUT2D eigenvalue weighted by atomic mass is 10.2. The van der Waals surface area contributed by atoms with Crippen LogP contribution >= 0.6 is 11.8 Å². The number of likely N-dealkylation sites (tertiary alicyclic amines) is 1. The van der Waals surface area contributed by atoms with Crippen molar-refractivity contribution in [2.45, 2.75) is 38.1 Å². The number of nitrogens with one attached hydrogen (secondary N) is 1. The monoisotopic (exact) mass is 368 g/mol. The lowest BCUT2D eigenvalue weighted by molar-refractivity contribution is -0.135. The van der Waals surface area contributed by atoms with Crippen LogP contribution in [-0.4, -0.2) is 96.4 Å². The quantitative estimate of drug-likeness (QED) is 0.789. The van der Waals surface area contributed by atoms with E-state index >= 15 is 0 Å². The molecule has 3 aliphatic heterocycles. The Morgan fingerprint density at radius 1 is 0.880 bits per heavy atom. The zero-order valence-electron chi connectivity index (χ0n) is 15.3. The summed E-state index contributed by atoms with van der Waals surface area (Å²) < 4.78 is 0. The third-order valence-electron chi connectivity index (χ3n) is 5.46. The van der Waals surface area contributed by atoms with Crippen molar-refractivity contribution in [3.63, 3.8) is 0 Å². The molecule has 0 bridgehead atoms. The number of carbonyl (C=O) groups excluding carboxylic acids is 2. The zero-order valence-corrected chi connectivity index (χ0v) is 16.1. The molecule has 0 aromatic carbocycles. The number of amides is 2. The lowest BCUT2D eigenvalue weighted by Gasteiger charge is -2.36. The number of hydrogen-bond acceptors (Lipinski definition) is 5. The Morgan fingerprint density at radius 3 is 2.20 bits per heavy atom. The van der Waals surface area contributed by atoms with Crippen LogP contribution in [0.2, 0.25) is 0 Å². The number of carbonyl (C=O) groups is 2. The van der Waals surface area contributed by atoms with Crippen molar-refractivity contribution in [3.05, 3.63) is 0 Å². The van der Waals surface area contributed by atoms with Crippen molar-refractivity contribution in [2.75, 3.05) is 63.9 Å². The Labute approximate surface area is 155 Å². The molecule has 1 N–H and O–H groups in total. The largest absolute Gasteiger partial charge is 0.342 e. The van der Waals surface area contributed by atoms with E-state index in [0.29, 0.717) is 19.0 Å². The Balaban J connectivity index is 1.37. The van der Waals surface area contributed by atoms with Gasteiger partial charge in [-0.1, -0.05) is 12.8 Å². The zero-order chi connectivity index (χ0) is 17.5. The van der Waals surface area contributed by atoms with Crippen LogP contribution in [0.5, 0.6) is 0 Å². The topological polar surface area (TPSA) is 55.9 Å². The maximum absolute atomic E-state index is 12.5. The standard InChI is InChI=1S/C18H32N4O2S/c23-17(13-16-15-25-12-5-19-16)22-10-8-20(9-11-22)14-18(24)21-6-3-1-2-4-7-21/h16,19H,1-15H2. The Bertz CT molecular complexity index is 440. The third kappa shape index (κ3) is 5.86. The van der Waals surface area contributed by atoms with Crippen LogP contribution in [0.4, 0.5) is 0 Å². The van der Waals surface area contributed by atoms with Crippen molar-refractivity contribution < 1.29 is 9.59 Å². The van der Waals surface area contributed by atoms with E-state index in [9.17, 15) is 9.59 Å². The molecular formula is C18H32N4O2S. The van der Waals surface area contributed by atoms with Gasteiger partial charge in [-0.25, -0.2) is 0 Å². The van der Waals surface area contributed by atoms with Crippen LogP contribution in [0.3, 0.4) is 0 Å². The van der Waals surface area contributed by atoms with Crippen LogP contribution in [0.15, 0.2) is 0 Å². The summed E-state index contributed by atoms with van der Waals surface area (Å²) in [6.45, 7) is 6.51. The molecule has 7 heteroatoms. The molecule has 142 valence electrons. The fourth-order valence-electron chi connectivity index (χ4n) is 3.86. The summed E-state index contributed by atoms with van der Waals surface area (Å²) in [5, 5.41) is 3.44. The predicted molar refractivity (Wildman–Crippen MR) is 102 cm³/mol. The molecule has 0 aromatic heterocycles. The van der Waals surface area contributed by atoms with Gasteiger partial charge in [0, 0.05) is 69.8 Å². The Hall–Kier alpha value is -0.790. The number of piperazine rings is 1. The summed E-state index contributed by atoms with van der Waals surface area (Å²) in [6, 6.07) is 0.328. The molecule has 2 amide bonds. The number of thioether (sulfide) groups is 1. The van der Waals surface area contributed by atoms with Crippen LogP contribution < -0.4 is 5.32 Å². The molecule has 1 unspecified atom stereocenters. The van der Waals surface area contributed by atoms with Gasteiger partial charge < -0.3 is 15.1 Å². The van der Waals surface area contributed by atoms with Gasteiger partial charge in [0.15, 0.2) is 0 Å². The molecule has 1 atom stereocenters. The van der Waals surface area contributed by atoms with E-state index in [2.05, 4.69) is 10.2 Å². The predicted octanol–water partition coefficient (Wildman–Crippen LogP) is 0.628. The van der Waals surface area contributed by atoms with E-state index < -0.39 is 0 Å². The maximum atomic E-state index is 12.5. The van der Waals surface area contributed by atoms with Crippen LogP contribution in [-0.2, 0) is 9.59 Å². The van der Waals surface area contributed by atoms with Gasteiger partial charge in [-0.05, 0) is 12.8 Å². The fourth-order valence-corrected chi connectivity index (χ4v) is 4.81. The van der Waals surface area contributed by atoms with Crippen LogP contribution in [0.25, 0.3) is 0 Å². The molecule has 25 heavy (non-hydrogen) atoms. The van der Waals surface area contributed by atoms with Crippen LogP contribution in [0, 0.1) is 0 Å². The second-order valence-electron chi connectivity index (χ2n) is 7.38. The highest BCUT2D eigenvalue weighted by Gasteiger charge is 2.26. The van der Waals surface area contributed by atoms with Gasteiger partial charge in [-0.3, -0.25) is 14.5 Å². The smallest absolute Gasteiger partial charge is 0.236 e. The number of hydrogen-bond donors (Lipinski definition) is 1. The van der Waals surface area contributed by atoms with Crippen molar-refractivity contribution in [1.29, 1.82) is 0 Å². The minimum absolute atomic E-state index is 0.262. The molecule has 0 spiro atoms. The second kappa shape index (κ2) is 9.78. The van der Waals surface area contributed by atoms with E-state index in [1.165, 1.54) is 12.8 Å². The van der Waals surface area contributed by atoms with Crippen molar-refractivity contribution >= 4 is 23.6 Å². The number of rotatable bonds is 4. The molecule has 0 aliphatic carbocycles. The highest BCUT2D eigenvalue weighted by Crippen LogP contribution is 2.13. The third-order valence-corrected chi connectivity index (χ3v) is 6.59. The molecule has 3 saturated heterocycles. The lowest BCUT2D eigenvalue weighted by Crippen LogP contribution is -2.52. The van der Waals surface area contributed by atoms with Gasteiger partial charge in [0.25, 0.3) is 0 Å². The van der Waals surface area contributed by atoms with Crippen molar-refractivity contribution in [3.8, 4) is 0 Å². The minimum Gasteiger partial charge on any atom is -0.342 e. The summed E-state index contributed by atoms with van der Waals surface area (Å²) in [5.74, 6) is 2.72. The Kier molecular flexibility index (Phi) is 7.43. The van der Waals surface area contributed by atoms with E-state index in [1.807, 2.05) is 21.6 Å². The van der Waals surface area contributed by atoms with E-state index in [-0.39, 0.29) is 11.8 Å². The van der Waals surface area contributed by atoms with Crippen molar-refractivity contribution in [1.82, 2.24) is 20.0 Å². The van der Waals surface area contributed by atoms with Gasteiger partial charge in [-0.15, -0.1) is 0 Å². The van der Waals surface area contributed by atoms with E-state index in [1.54, 1.807) is 0 Å². The molecule has 0 aromatic rings. The average molecular weight is 369 g/mol. The van der Waals surface area contributed by atoms with Gasteiger partial charge in [0.2, 0.25) is 11.8 Å². The molecule has 0 saturated carbocycles. The van der Waals surface area contributed by atoms with Gasteiger partial charge in [0.1, 0.15) is 0 Å². The highest BCUT2D eigenvalue weighted by molar-refractivity contribution is 7.99. The first-order valence-corrected chi connectivity index (χ1v) is 11.0. The summed E-state index contributed by atoms with van der Waals surface area (Å²) in [6.07, 6.45) is 5.39. The molecule has 6 nitrogen and oxygen atoms in total. The summed E-state index contributed by atoms with van der Waals surface area (Å²) in [5.41, 5.74) is 0. The minimum atomic E-state index is 0.262. The summed E-state index contributed by atoms with van der Waals surface area (Å²) in [7, 11) is 0. The normalized spacial score (nSPS) is 26.3.